The minimum atomic E-state index is 0.413. The van der Waals surface area contributed by atoms with Gasteiger partial charge in [-0.2, -0.15) is 0 Å². The van der Waals surface area contributed by atoms with E-state index in [-0.39, 0.29) is 0 Å². The fraction of sp³-hybridized carbons (Fsp3) is 0.438. The van der Waals surface area contributed by atoms with Crippen LogP contribution in [0.2, 0.25) is 0 Å². The predicted octanol–water partition coefficient (Wildman–Crippen LogP) is 3.02. The maximum absolute atomic E-state index is 5.56. The molecule has 1 heterocycles. The highest BCUT2D eigenvalue weighted by atomic mass is 16.5. The van der Waals surface area contributed by atoms with E-state index < -0.39 is 0 Å². The lowest BCUT2D eigenvalue weighted by atomic mass is 9.95. The van der Waals surface area contributed by atoms with Gasteiger partial charge in [-0.3, -0.25) is 0 Å². The third kappa shape index (κ3) is 2.85. The summed E-state index contributed by atoms with van der Waals surface area (Å²) in [4.78, 5) is 7.72. The van der Waals surface area contributed by atoms with Gasteiger partial charge in [0.2, 0.25) is 0 Å². The first-order chi connectivity index (χ1) is 9.56. The van der Waals surface area contributed by atoms with Crippen molar-refractivity contribution in [2.24, 2.45) is 5.73 Å². The summed E-state index contributed by atoms with van der Waals surface area (Å²) < 4.78 is 5.48. The van der Waals surface area contributed by atoms with Gasteiger partial charge in [0.15, 0.2) is 0 Å². The molecule has 4 nitrogen and oxygen atoms in total. The molecular weight excluding hydrogens is 250 g/mol. The zero-order chi connectivity index (χ0) is 14.7. The number of hydrogen-bond donors (Lipinski definition) is 2. The van der Waals surface area contributed by atoms with Crippen LogP contribution in [0.25, 0.3) is 11.3 Å². The monoisotopic (exact) mass is 273 g/mol. The molecule has 0 unspecified atom stereocenters. The van der Waals surface area contributed by atoms with Crippen LogP contribution in [-0.4, -0.2) is 23.6 Å². The smallest absolute Gasteiger partial charge is 0.122 e. The van der Waals surface area contributed by atoms with Gasteiger partial charge in [-0.05, 0) is 42.6 Å². The Balaban J connectivity index is 2.47. The van der Waals surface area contributed by atoms with Gasteiger partial charge in [-0.15, -0.1) is 0 Å². The second-order valence-corrected chi connectivity index (χ2v) is 5.35. The highest BCUT2D eigenvalue weighted by Gasteiger charge is 2.13. The normalized spacial score (nSPS) is 11.1. The van der Waals surface area contributed by atoms with Crippen molar-refractivity contribution in [1.29, 1.82) is 0 Å². The Labute approximate surface area is 120 Å². The fourth-order valence-corrected chi connectivity index (χ4v) is 2.38. The molecule has 0 saturated heterocycles. The minimum Gasteiger partial charge on any atom is -0.496 e. The zero-order valence-corrected chi connectivity index (χ0v) is 12.7. The van der Waals surface area contributed by atoms with E-state index in [9.17, 15) is 0 Å². The predicted molar refractivity (Wildman–Crippen MR) is 82.2 cm³/mol. The van der Waals surface area contributed by atoms with Gasteiger partial charge in [0.05, 0.1) is 19.0 Å². The molecule has 2 aromatic rings. The van der Waals surface area contributed by atoms with Crippen LogP contribution in [0.15, 0.2) is 18.3 Å². The summed E-state index contributed by atoms with van der Waals surface area (Å²) in [5.41, 5.74) is 10.2. The van der Waals surface area contributed by atoms with E-state index >= 15 is 0 Å². The summed E-state index contributed by atoms with van der Waals surface area (Å²) in [6.45, 7) is 7.03. The van der Waals surface area contributed by atoms with Crippen molar-refractivity contribution in [3.63, 3.8) is 0 Å². The molecule has 3 N–H and O–H groups in total. The molecule has 0 saturated carbocycles. The number of aromatic nitrogens is 2. The number of nitrogens with two attached hydrogens (primary N) is 1. The minimum absolute atomic E-state index is 0.413. The molecule has 108 valence electrons. The third-order valence-corrected chi connectivity index (χ3v) is 3.50. The van der Waals surface area contributed by atoms with Crippen molar-refractivity contribution < 1.29 is 4.74 Å². The van der Waals surface area contributed by atoms with Crippen LogP contribution in [-0.2, 0) is 6.42 Å². The van der Waals surface area contributed by atoms with E-state index in [0.717, 1.165) is 23.7 Å². The molecule has 0 atom stereocenters. The Morgan fingerprint density at radius 3 is 2.70 bits per heavy atom. The van der Waals surface area contributed by atoms with Crippen molar-refractivity contribution >= 4 is 0 Å². The molecule has 0 aliphatic carbocycles. The van der Waals surface area contributed by atoms with Gasteiger partial charge in [0.25, 0.3) is 0 Å². The lowest BCUT2D eigenvalue weighted by molar-refractivity contribution is 0.407. The maximum atomic E-state index is 5.56. The van der Waals surface area contributed by atoms with Crippen molar-refractivity contribution in [2.45, 2.75) is 33.1 Å². The topological polar surface area (TPSA) is 63.9 Å². The molecular formula is C16H23N3O. The van der Waals surface area contributed by atoms with Gasteiger partial charge >= 0.3 is 0 Å². The molecule has 1 aromatic carbocycles. The van der Waals surface area contributed by atoms with Gasteiger partial charge in [-0.25, -0.2) is 4.98 Å². The number of rotatable bonds is 5. The van der Waals surface area contributed by atoms with E-state index in [2.05, 4.69) is 42.9 Å². The Bertz CT molecular complexity index is 587. The number of aryl methyl sites for hydroxylation is 1. The average Bonchev–Trinajstić information content (AvgIpc) is 2.86. The number of nitrogens with one attached hydrogen (secondary N) is 1. The molecule has 0 bridgehead atoms. The van der Waals surface area contributed by atoms with Crippen molar-refractivity contribution in [1.82, 2.24) is 9.97 Å². The first kappa shape index (κ1) is 14.6. The number of imidazole rings is 1. The third-order valence-electron chi connectivity index (χ3n) is 3.50. The molecule has 1 aromatic heterocycles. The summed E-state index contributed by atoms with van der Waals surface area (Å²) in [5, 5.41) is 0. The summed E-state index contributed by atoms with van der Waals surface area (Å²) in [7, 11) is 1.72. The average molecular weight is 273 g/mol. The lowest BCUT2D eigenvalue weighted by Crippen LogP contribution is -2.03. The van der Waals surface area contributed by atoms with Crippen molar-refractivity contribution in [3.05, 3.63) is 35.3 Å². The Morgan fingerprint density at radius 2 is 2.10 bits per heavy atom. The van der Waals surface area contributed by atoms with E-state index in [1.54, 1.807) is 7.11 Å². The second kappa shape index (κ2) is 6.09. The first-order valence-corrected chi connectivity index (χ1v) is 6.99. The molecule has 0 amide bonds. The number of ether oxygens (including phenoxy) is 1. The molecule has 4 heteroatoms. The molecule has 2 rings (SSSR count). The number of H-pyrrole nitrogens is 1. The van der Waals surface area contributed by atoms with E-state index in [0.29, 0.717) is 12.5 Å². The molecule has 0 aliphatic rings. The van der Waals surface area contributed by atoms with Gasteiger partial charge in [0.1, 0.15) is 11.6 Å². The van der Waals surface area contributed by atoms with Crippen LogP contribution in [0, 0.1) is 6.92 Å². The molecule has 0 fully saturated rings. The van der Waals surface area contributed by atoms with Crippen LogP contribution in [0.5, 0.6) is 5.75 Å². The fourth-order valence-electron chi connectivity index (χ4n) is 2.38. The SMILES string of the molecule is COc1cc(C)c(-c2cnc(CCN)[nH]2)cc1C(C)C. The van der Waals surface area contributed by atoms with Crippen LogP contribution in [0.3, 0.4) is 0 Å². The largest absolute Gasteiger partial charge is 0.496 e. The van der Waals surface area contributed by atoms with E-state index in [4.69, 9.17) is 10.5 Å². The molecule has 0 aliphatic heterocycles. The summed E-state index contributed by atoms with van der Waals surface area (Å²) in [6.07, 6.45) is 2.65. The second-order valence-electron chi connectivity index (χ2n) is 5.35. The molecule has 0 spiro atoms. The van der Waals surface area contributed by atoms with Gasteiger partial charge in [0, 0.05) is 12.0 Å². The lowest BCUT2D eigenvalue weighted by Gasteiger charge is -2.15. The number of methoxy groups -OCH3 is 1. The zero-order valence-electron chi connectivity index (χ0n) is 12.7. The summed E-state index contributed by atoms with van der Waals surface area (Å²) in [6, 6.07) is 4.28. The summed E-state index contributed by atoms with van der Waals surface area (Å²) in [5.74, 6) is 2.29. The first-order valence-electron chi connectivity index (χ1n) is 6.99. The maximum Gasteiger partial charge on any atom is 0.122 e. The standard InChI is InChI=1S/C16H23N3O/c1-10(2)12-8-13(11(3)7-15(12)20-4)14-9-18-16(19-14)5-6-17/h7-10H,5-6,17H2,1-4H3,(H,18,19). The molecule has 20 heavy (non-hydrogen) atoms. The quantitative estimate of drug-likeness (QED) is 0.880. The number of benzene rings is 1. The van der Waals surface area contributed by atoms with Crippen LogP contribution in [0.4, 0.5) is 0 Å². The Morgan fingerprint density at radius 1 is 1.35 bits per heavy atom. The number of hydrogen-bond acceptors (Lipinski definition) is 3. The Hall–Kier alpha value is -1.81. The van der Waals surface area contributed by atoms with Gasteiger partial charge in [-0.1, -0.05) is 13.8 Å². The van der Waals surface area contributed by atoms with Crippen molar-refractivity contribution in [3.8, 4) is 17.0 Å². The van der Waals surface area contributed by atoms with Crippen LogP contribution in [0.1, 0.15) is 36.7 Å². The highest BCUT2D eigenvalue weighted by Crippen LogP contribution is 2.33. The van der Waals surface area contributed by atoms with E-state index in [1.807, 2.05) is 6.20 Å². The van der Waals surface area contributed by atoms with Crippen LogP contribution < -0.4 is 10.5 Å². The number of nitrogens with zero attached hydrogens (tertiary/aromatic N) is 1. The van der Waals surface area contributed by atoms with E-state index in [1.165, 1.54) is 16.7 Å². The molecule has 0 radical (unpaired) electrons. The number of aromatic amines is 1. The summed E-state index contributed by atoms with van der Waals surface area (Å²) >= 11 is 0. The van der Waals surface area contributed by atoms with Crippen LogP contribution >= 0.6 is 0 Å². The van der Waals surface area contributed by atoms with Crippen molar-refractivity contribution in [2.75, 3.05) is 13.7 Å². The highest BCUT2D eigenvalue weighted by molar-refractivity contribution is 5.66. The van der Waals surface area contributed by atoms with Gasteiger partial charge < -0.3 is 15.5 Å². The Kier molecular flexibility index (Phi) is 4.45.